The molecule has 0 radical (unpaired) electrons. The Morgan fingerprint density at radius 3 is 2.43 bits per heavy atom. The van der Waals surface area contributed by atoms with Crippen molar-refractivity contribution in [2.24, 2.45) is 0 Å². The summed E-state index contributed by atoms with van der Waals surface area (Å²) in [5, 5.41) is 0. The lowest BCUT2D eigenvalue weighted by atomic mass is 9.91. The Hall–Kier alpha value is -3.21. The van der Waals surface area contributed by atoms with E-state index in [2.05, 4.69) is 6.07 Å². The van der Waals surface area contributed by atoms with Gasteiger partial charge in [-0.2, -0.15) is 0 Å². The second kappa shape index (κ2) is 8.66. The van der Waals surface area contributed by atoms with Gasteiger partial charge in [0.2, 0.25) is 0 Å². The van der Waals surface area contributed by atoms with Crippen LogP contribution in [-0.2, 0) is 0 Å². The van der Waals surface area contributed by atoms with Gasteiger partial charge in [-0.05, 0) is 67.3 Å². The normalized spacial score (nSPS) is 14.6. The Morgan fingerprint density at radius 2 is 1.73 bits per heavy atom. The third-order valence-corrected chi connectivity index (χ3v) is 5.69. The van der Waals surface area contributed by atoms with E-state index in [1.54, 1.807) is 19.2 Å². The minimum atomic E-state index is -0.239. The average molecular weight is 404 g/mol. The summed E-state index contributed by atoms with van der Waals surface area (Å²) >= 11 is 0. The Balaban J connectivity index is 1.49. The molecule has 1 aromatic heterocycles. The van der Waals surface area contributed by atoms with E-state index >= 15 is 0 Å². The second-order valence-electron chi connectivity index (χ2n) is 7.70. The molecule has 4 nitrogen and oxygen atoms in total. The van der Waals surface area contributed by atoms with E-state index in [9.17, 15) is 9.18 Å². The standard InChI is InChI=1S/C25H25FN2O2/c1-17-15-20(18-7-9-21(26)10-8-18)16-23(27-17)19-11-13-28(14-12-19)25(29)22-5-3-4-6-24(22)30-2/h3-10,15-16,19H,11-14H2,1-2H3. The molecule has 0 bridgehead atoms. The van der Waals surface area contributed by atoms with Crippen LogP contribution >= 0.6 is 0 Å². The highest BCUT2D eigenvalue weighted by Gasteiger charge is 2.27. The highest BCUT2D eigenvalue weighted by atomic mass is 19.1. The first-order valence-electron chi connectivity index (χ1n) is 10.2. The van der Waals surface area contributed by atoms with Gasteiger partial charge in [0, 0.05) is 30.4 Å². The summed E-state index contributed by atoms with van der Waals surface area (Å²) in [6.07, 6.45) is 1.72. The fraction of sp³-hybridized carbons (Fsp3) is 0.280. The first-order valence-corrected chi connectivity index (χ1v) is 10.2. The van der Waals surface area contributed by atoms with E-state index in [1.165, 1.54) is 12.1 Å². The summed E-state index contributed by atoms with van der Waals surface area (Å²) in [5.74, 6) is 0.673. The molecular formula is C25H25FN2O2. The number of amides is 1. The van der Waals surface area contributed by atoms with Crippen molar-refractivity contribution >= 4 is 5.91 Å². The van der Waals surface area contributed by atoms with Gasteiger partial charge in [0.05, 0.1) is 12.7 Å². The van der Waals surface area contributed by atoms with Gasteiger partial charge < -0.3 is 9.64 Å². The number of hydrogen-bond donors (Lipinski definition) is 0. The van der Waals surface area contributed by atoms with Gasteiger partial charge in [-0.15, -0.1) is 0 Å². The van der Waals surface area contributed by atoms with E-state index in [0.717, 1.165) is 35.4 Å². The number of pyridine rings is 1. The topological polar surface area (TPSA) is 42.4 Å². The number of carbonyl (C=O) groups excluding carboxylic acids is 1. The van der Waals surface area contributed by atoms with Crippen LogP contribution in [0.5, 0.6) is 5.75 Å². The minimum Gasteiger partial charge on any atom is -0.496 e. The van der Waals surface area contributed by atoms with Crippen molar-refractivity contribution in [1.29, 1.82) is 0 Å². The third kappa shape index (κ3) is 4.20. The second-order valence-corrected chi connectivity index (χ2v) is 7.70. The van der Waals surface area contributed by atoms with Crippen molar-refractivity contribution in [3.63, 3.8) is 0 Å². The summed E-state index contributed by atoms with van der Waals surface area (Å²) in [7, 11) is 1.58. The summed E-state index contributed by atoms with van der Waals surface area (Å²) in [5.41, 5.74) is 4.61. The van der Waals surface area contributed by atoms with Crippen molar-refractivity contribution in [3.05, 3.63) is 83.4 Å². The lowest BCUT2D eigenvalue weighted by Gasteiger charge is -2.32. The Labute approximate surface area is 176 Å². The Kier molecular flexibility index (Phi) is 5.79. The molecule has 0 saturated carbocycles. The fourth-order valence-corrected chi connectivity index (χ4v) is 4.08. The smallest absolute Gasteiger partial charge is 0.257 e. The predicted octanol–water partition coefficient (Wildman–Crippen LogP) is 5.22. The van der Waals surface area contributed by atoms with Gasteiger partial charge in [0.1, 0.15) is 11.6 Å². The minimum absolute atomic E-state index is 0.00935. The number of likely N-dealkylation sites (tertiary alicyclic amines) is 1. The largest absolute Gasteiger partial charge is 0.496 e. The molecule has 1 aliphatic heterocycles. The number of rotatable bonds is 4. The van der Waals surface area contributed by atoms with Crippen LogP contribution in [0.1, 0.15) is 40.5 Å². The molecule has 1 saturated heterocycles. The maximum atomic E-state index is 13.3. The van der Waals surface area contributed by atoms with Crippen LogP contribution in [0.4, 0.5) is 4.39 Å². The summed E-state index contributed by atoms with van der Waals surface area (Å²) in [6.45, 7) is 3.35. The highest BCUT2D eigenvalue weighted by Crippen LogP contribution is 2.31. The molecule has 1 fully saturated rings. The monoisotopic (exact) mass is 404 g/mol. The quantitative estimate of drug-likeness (QED) is 0.598. The van der Waals surface area contributed by atoms with Crippen LogP contribution in [0.3, 0.4) is 0 Å². The van der Waals surface area contributed by atoms with E-state index in [-0.39, 0.29) is 11.7 Å². The molecule has 0 spiro atoms. The zero-order valence-electron chi connectivity index (χ0n) is 17.3. The maximum Gasteiger partial charge on any atom is 0.257 e. The summed E-state index contributed by atoms with van der Waals surface area (Å²) < 4.78 is 18.6. The molecule has 0 N–H and O–H groups in total. The molecule has 2 heterocycles. The lowest BCUT2D eigenvalue weighted by Crippen LogP contribution is -2.38. The van der Waals surface area contributed by atoms with E-state index in [0.29, 0.717) is 30.3 Å². The number of hydrogen-bond acceptors (Lipinski definition) is 3. The number of piperidine rings is 1. The first-order chi connectivity index (χ1) is 14.5. The van der Waals surface area contributed by atoms with Crippen molar-refractivity contribution in [1.82, 2.24) is 9.88 Å². The fourth-order valence-electron chi connectivity index (χ4n) is 4.08. The molecule has 0 aliphatic carbocycles. The number of nitrogens with zero attached hydrogens (tertiary/aromatic N) is 2. The highest BCUT2D eigenvalue weighted by molar-refractivity contribution is 5.97. The van der Waals surface area contributed by atoms with Crippen LogP contribution < -0.4 is 4.74 Å². The number of halogens is 1. The molecule has 4 rings (SSSR count). The van der Waals surface area contributed by atoms with Gasteiger partial charge in [0.15, 0.2) is 0 Å². The number of aromatic nitrogens is 1. The zero-order valence-corrected chi connectivity index (χ0v) is 17.3. The van der Waals surface area contributed by atoms with Crippen molar-refractivity contribution in [2.45, 2.75) is 25.7 Å². The van der Waals surface area contributed by atoms with Crippen LogP contribution in [0.25, 0.3) is 11.1 Å². The van der Waals surface area contributed by atoms with Gasteiger partial charge in [-0.1, -0.05) is 24.3 Å². The molecule has 3 aromatic rings. The molecule has 0 atom stereocenters. The first kappa shape index (κ1) is 20.1. The lowest BCUT2D eigenvalue weighted by molar-refractivity contribution is 0.0708. The number of carbonyl (C=O) groups is 1. The molecule has 2 aromatic carbocycles. The molecule has 1 amide bonds. The van der Waals surface area contributed by atoms with Gasteiger partial charge in [0.25, 0.3) is 5.91 Å². The number of ether oxygens (including phenoxy) is 1. The average Bonchev–Trinajstić information content (AvgIpc) is 2.78. The maximum absolute atomic E-state index is 13.3. The number of benzene rings is 2. The third-order valence-electron chi connectivity index (χ3n) is 5.69. The van der Waals surface area contributed by atoms with Gasteiger partial charge in [-0.25, -0.2) is 4.39 Å². The van der Waals surface area contributed by atoms with Crippen LogP contribution in [0.2, 0.25) is 0 Å². The number of methoxy groups -OCH3 is 1. The van der Waals surface area contributed by atoms with E-state index in [1.807, 2.05) is 42.2 Å². The van der Waals surface area contributed by atoms with Crippen LogP contribution in [-0.4, -0.2) is 36.0 Å². The molecule has 1 aliphatic rings. The molecule has 0 unspecified atom stereocenters. The number of aryl methyl sites for hydroxylation is 1. The Bertz CT molecular complexity index is 1040. The van der Waals surface area contributed by atoms with Gasteiger partial charge >= 0.3 is 0 Å². The van der Waals surface area contributed by atoms with Crippen LogP contribution in [0, 0.1) is 12.7 Å². The van der Waals surface area contributed by atoms with E-state index < -0.39 is 0 Å². The summed E-state index contributed by atoms with van der Waals surface area (Å²) in [6, 6.07) is 18.0. The summed E-state index contributed by atoms with van der Waals surface area (Å²) in [4.78, 5) is 19.6. The molecule has 30 heavy (non-hydrogen) atoms. The van der Waals surface area contributed by atoms with Gasteiger partial charge in [-0.3, -0.25) is 9.78 Å². The van der Waals surface area contributed by atoms with Crippen LogP contribution in [0.15, 0.2) is 60.7 Å². The zero-order chi connectivity index (χ0) is 21.1. The molecule has 5 heteroatoms. The number of para-hydroxylation sites is 1. The van der Waals surface area contributed by atoms with Crippen molar-refractivity contribution in [3.8, 4) is 16.9 Å². The Morgan fingerprint density at radius 1 is 1.03 bits per heavy atom. The van der Waals surface area contributed by atoms with Crippen molar-refractivity contribution in [2.75, 3.05) is 20.2 Å². The molecular weight excluding hydrogens is 379 g/mol. The van der Waals surface area contributed by atoms with Crippen molar-refractivity contribution < 1.29 is 13.9 Å². The molecule has 154 valence electrons. The predicted molar refractivity (Wildman–Crippen MR) is 115 cm³/mol. The van der Waals surface area contributed by atoms with E-state index in [4.69, 9.17) is 9.72 Å². The SMILES string of the molecule is COc1ccccc1C(=O)N1CCC(c2cc(-c3ccc(F)cc3)cc(C)n2)CC1.